The van der Waals surface area contributed by atoms with Crippen LogP contribution in [0.15, 0.2) is 67.0 Å². The average Bonchev–Trinajstić information content (AvgIpc) is 3.47. The van der Waals surface area contributed by atoms with Crippen LogP contribution in [0, 0.1) is 0 Å². The Bertz CT molecular complexity index is 834. The van der Waals surface area contributed by atoms with E-state index >= 15 is 0 Å². The van der Waals surface area contributed by atoms with Crippen LogP contribution < -0.4 is 15.8 Å². The van der Waals surface area contributed by atoms with Crippen molar-refractivity contribution in [3.05, 3.63) is 83.9 Å². The summed E-state index contributed by atoms with van der Waals surface area (Å²) in [7, 11) is 0. The first kappa shape index (κ1) is 16.5. The van der Waals surface area contributed by atoms with Crippen molar-refractivity contribution >= 4 is 5.69 Å². The molecule has 2 atom stereocenters. The predicted octanol–water partition coefficient (Wildman–Crippen LogP) is 3.28. The van der Waals surface area contributed by atoms with Gasteiger partial charge in [0.2, 0.25) is 0 Å². The fourth-order valence-corrected chi connectivity index (χ4v) is 3.02. The van der Waals surface area contributed by atoms with Crippen LogP contribution in [0.1, 0.15) is 29.3 Å². The highest BCUT2D eigenvalue weighted by atomic mass is 16.5. The summed E-state index contributed by atoms with van der Waals surface area (Å²) in [5.41, 5.74) is 8.71. The Morgan fingerprint density at radius 1 is 1.00 bits per heavy atom. The van der Waals surface area contributed by atoms with Crippen molar-refractivity contribution in [1.29, 1.82) is 0 Å². The third-order valence-electron chi connectivity index (χ3n) is 4.59. The number of rotatable bonds is 7. The number of hydrogen-bond acceptors (Lipinski definition) is 5. The zero-order chi connectivity index (χ0) is 17.8. The number of ether oxygens (including phenoxy) is 1. The minimum atomic E-state index is 0.479. The van der Waals surface area contributed by atoms with Crippen LogP contribution in [0.4, 0.5) is 5.69 Å². The molecule has 1 aliphatic rings. The molecular formula is C21H22N4O. The van der Waals surface area contributed by atoms with Gasteiger partial charge in [-0.25, -0.2) is 9.97 Å². The summed E-state index contributed by atoms with van der Waals surface area (Å²) in [6.45, 7) is 1.26. The first-order chi connectivity index (χ1) is 12.8. The van der Waals surface area contributed by atoms with Gasteiger partial charge in [0, 0.05) is 12.0 Å². The molecule has 5 nitrogen and oxygen atoms in total. The second kappa shape index (κ2) is 7.54. The summed E-state index contributed by atoms with van der Waals surface area (Å²) in [5.74, 6) is 2.22. The van der Waals surface area contributed by atoms with Gasteiger partial charge >= 0.3 is 0 Å². The standard InChI is InChI=1S/C21H22N4O/c22-17-11-24-21(25-12-17)13-23-20-10-19(20)16-6-8-18(9-7-16)26-14-15-4-2-1-3-5-15/h1-9,11-12,19-20,23H,10,13-14,22H2/t19-,20+/m1/s1. The summed E-state index contributed by atoms with van der Waals surface area (Å²) < 4.78 is 5.85. The second-order valence-electron chi connectivity index (χ2n) is 6.61. The molecule has 0 saturated heterocycles. The first-order valence-electron chi connectivity index (χ1n) is 8.84. The van der Waals surface area contributed by atoms with Gasteiger partial charge in [-0.05, 0) is 29.7 Å². The number of nitrogens with one attached hydrogen (secondary N) is 1. The van der Waals surface area contributed by atoms with Crippen molar-refractivity contribution in [2.45, 2.75) is 31.5 Å². The van der Waals surface area contributed by atoms with Crippen LogP contribution in [0.5, 0.6) is 5.75 Å². The smallest absolute Gasteiger partial charge is 0.142 e. The van der Waals surface area contributed by atoms with Gasteiger partial charge in [0.25, 0.3) is 0 Å². The van der Waals surface area contributed by atoms with Crippen molar-refractivity contribution in [1.82, 2.24) is 15.3 Å². The van der Waals surface area contributed by atoms with E-state index in [0.29, 0.717) is 30.8 Å². The molecule has 2 aromatic carbocycles. The minimum Gasteiger partial charge on any atom is -0.489 e. The van der Waals surface area contributed by atoms with E-state index in [-0.39, 0.29) is 0 Å². The molecule has 1 fully saturated rings. The molecule has 3 aromatic rings. The summed E-state index contributed by atoms with van der Waals surface area (Å²) in [6.07, 6.45) is 4.42. The van der Waals surface area contributed by atoms with Crippen molar-refractivity contribution in [3.63, 3.8) is 0 Å². The summed E-state index contributed by atoms with van der Waals surface area (Å²) in [6, 6.07) is 19.1. The molecule has 1 aliphatic carbocycles. The van der Waals surface area contributed by atoms with Crippen LogP contribution in [0.3, 0.4) is 0 Å². The largest absolute Gasteiger partial charge is 0.489 e. The van der Waals surface area contributed by atoms with Crippen molar-refractivity contribution < 1.29 is 4.74 Å². The summed E-state index contributed by atoms with van der Waals surface area (Å²) in [4.78, 5) is 8.44. The minimum absolute atomic E-state index is 0.479. The first-order valence-corrected chi connectivity index (χ1v) is 8.84. The molecule has 0 amide bonds. The van der Waals surface area contributed by atoms with E-state index in [1.807, 2.05) is 18.2 Å². The average molecular weight is 346 g/mol. The van der Waals surface area contributed by atoms with E-state index in [0.717, 1.165) is 18.0 Å². The molecule has 0 bridgehead atoms. The fraction of sp³-hybridized carbons (Fsp3) is 0.238. The maximum Gasteiger partial charge on any atom is 0.142 e. The Kier molecular flexibility index (Phi) is 4.80. The molecule has 132 valence electrons. The highest BCUT2D eigenvalue weighted by molar-refractivity contribution is 5.34. The number of benzene rings is 2. The molecule has 1 saturated carbocycles. The van der Waals surface area contributed by atoms with Gasteiger partial charge in [0.1, 0.15) is 18.2 Å². The van der Waals surface area contributed by atoms with Gasteiger partial charge in [0.05, 0.1) is 24.6 Å². The van der Waals surface area contributed by atoms with Crippen LogP contribution in [-0.4, -0.2) is 16.0 Å². The Hall–Kier alpha value is -2.92. The molecule has 3 N–H and O–H groups in total. The number of hydrogen-bond donors (Lipinski definition) is 2. The molecule has 1 aromatic heterocycles. The lowest BCUT2D eigenvalue weighted by molar-refractivity contribution is 0.306. The number of anilines is 1. The fourth-order valence-electron chi connectivity index (χ4n) is 3.02. The van der Waals surface area contributed by atoms with Gasteiger partial charge in [-0.1, -0.05) is 42.5 Å². The third-order valence-corrected chi connectivity index (χ3v) is 4.59. The lowest BCUT2D eigenvalue weighted by Gasteiger charge is -2.08. The Labute approximate surface area is 153 Å². The molecule has 5 heteroatoms. The summed E-state index contributed by atoms with van der Waals surface area (Å²) >= 11 is 0. The van der Waals surface area contributed by atoms with Crippen molar-refractivity contribution in [3.8, 4) is 5.75 Å². The number of nitrogens with two attached hydrogens (primary N) is 1. The third kappa shape index (κ3) is 4.18. The topological polar surface area (TPSA) is 73.1 Å². The van der Waals surface area contributed by atoms with Gasteiger partial charge in [-0.15, -0.1) is 0 Å². The van der Waals surface area contributed by atoms with E-state index < -0.39 is 0 Å². The van der Waals surface area contributed by atoms with Gasteiger partial charge in [-0.2, -0.15) is 0 Å². The monoisotopic (exact) mass is 346 g/mol. The number of aromatic nitrogens is 2. The molecular weight excluding hydrogens is 324 g/mol. The Morgan fingerprint density at radius 2 is 1.73 bits per heavy atom. The van der Waals surface area contributed by atoms with E-state index in [9.17, 15) is 0 Å². The van der Waals surface area contributed by atoms with E-state index in [2.05, 4.69) is 51.7 Å². The molecule has 4 rings (SSSR count). The SMILES string of the molecule is Nc1cnc(CN[C@H]2C[C@@H]2c2ccc(OCc3ccccc3)cc2)nc1. The number of nitrogens with zero attached hydrogens (tertiary/aromatic N) is 2. The summed E-state index contributed by atoms with van der Waals surface area (Å²) in [5, 5.41) is 3.51. The quantitative estimate of drug-likeness (QED) is 0.687. The second-order valence-corrected chi connectivity index (χ2v) is 6.61. The molecule has 0 spiro atoms. The van der Waals surface area contributed by atoms with Gasteiger partial charge < -0.3 is 15.8 Å². The van der Waals surface area contributed by atoms with E-state index in [4.69, 9.17) is 10.5 Å². The molecule has 0 aliphatic heterocycles. The molecule has 1 heterocycles. The molecule has 26 heavy (non-hydrogen) atoms. The molecule has 0 unspecified atom stereocenters. The Balaban J connectivity index is 1.26. The highest BCUT2D eigenvalue weighted by Crippen LogP contribution is 2.41. The molecule has 0 radical (unpaired) electrons. The van der Waals surface area contributed by atoms with Gasteiger partial charge in [-0.3, -0.25) is 0 Å². The number of nitrogen functional groups attached to an aromatic ring is 1. The van der Waals surface area contributed by atoms with Crippen LogP contribution in [-0.2, 0) is 13.2 Å². The maximum absolute atomic E-state index is 5.85. The van der Waals surface area contributed by atoms with E-state index in [1.165, 1.54) is 11.1 Å². The maximum atomic E-state index is 5.85. The van der Waals surface area contributed by atoms with Crippen molar-refractivity contribution in [2.75, 3.05) is 5.73 Å². The van der Waals surface area contributed by atoms with Crippen molar-refractivity contribution in [2.24, 2.45) is 0 Å². The van der Waals surface area contributed by atoms with Crippen LogP contribution in [0.25, 0.3) is 0 Å². The zero-order valence-electron chi connectivity index (χ0n) is 14.5. The zero-order valence-corrected chi connectivity index (χ0v) is 14.5. The van der Waals surface area contributed by atoms with Crippen LogP contribution in [0.2, 0.25) is 0 Å². The normalized spacial score (nSPS) is 18.5. The van der Waals surface area contributed by atoms with Crippen LogP contribution >= 0.6 is 0 Å². The predicted molar refractivity (Wildman–Crippen MR) is 102 cm³/mol. The Morgan fingerprint density at radius 3 is 2.46 bits per heavy atom. The highest BCUT2D eigenvalue weighted by Gasteiger charge is 2.37. The lowest BCUT2D eigenvalue weighted by Crippen LogP contribution is -2.19. The van der Waals surface area contributed by atoms with Gasteiger partial charge in [0.15, 0.2) is 0 Å². The lowest BCUT2D eigenvalue weighted by atomic mass is 10.1. The van der Waals surface area contributed by atoms with E-state index in [1.54, 1.807) is 12.4 Å².